The molecule has 12 rings (SSSR count). The van der Waals surface area contributed by atoms with Gasteiger partial charge in [-0.05, 0) is 71.6 Å². The van der Waals surface area contributed by atoms with Crippen molar-refractivity contribution >= 4 is 108 Å². The molecule has 0 radical (unpaired) electrons. The van der Waals surface area contributed by atoms with Crippen molar-refractivity contribution in [3.63, 3.8) is 0 Å². The third-order valence-electron chi connectivity index (χ3n) is 12.0. The average Bonchev–Trinajstić information content (AvgIpc) is 3.28. The molecule has 2 aromatic heterocycles. The second-order valence-corrected chi connectivity index (χ2v) is 15.0. The molecule has 3 aliphatic heterocycles. The van der Waals surface area contributed by atoms with E-state index in [1.165, 1.54) is 32.8 Å². The number of aromatic nitrogens is 2. The molecule has 264 valence electrons. The molecule has 5 heterocycles. The minimum absolute atomic E-state index is 0.00282. The van der Waals surface area contributed by atoms with Crippen molar-refractivity contribution in [2.45, 2.75) is 0 Å². The molecule has 0 atom stereocenters. The molecule has 9 aromatic rings. The number of hydrogen-bond donors (Lipinski definition) is 0. The predicted octanol–water partition coefficient (Wildman–Crippen LogP) is 8.01. The van der Waals surface area contributed by atoms with Crippen LogP contribution in [-0.2, 0) is 0 Å². The molecule has 5 nitrogen and oxygen atoms in total. The molecule has 7 aromatic carbocycles. The zero-order valence-corrected chi connectivity index (χ0v) is 30.9. The Balaban J connectivity index is 1.30. The van der Waals surface area contributed by atoms with Crippen molar-refractivity contribution in [1.29, 1.82) is 0 Å². The molecule has 0 saturated carbocycles. The second kappa shape index (κ2) is 12.6. The van der Waals surface area contributed by atoms with Crippen LogP contribution in [0.1, 0.15) is 0 Å². The van der Waals surface area contributed by atoms with Crippen LogP contribution < -0.4 is 47.5 Å². The summed E-state index contributed by atoms with van der Waals surface area (Å²) in [6.45, 7) is -0.00315. The Morgan fingerprint density at radius 2 is 0.982 bits per heavy atom. The van der Waals surface area contributed by atoms with Crippen molar-refractivity contribution in [2.24, 2.45) is 0 Å². The van der Waals surface area contributed by atoms with Gasteiger partial charge in [0.2, 0.25) is 13.4 Å². The smallest absolute Gasteiger partial charge is 0.245 e. The standard InChI is InChI=1S/C50H33B2N5/c1-3-18-35(19-4-1)51-38-23-7-8-24-39(38)52-40-25-9-10-26-42(40)56(37-22-15-30-53-33-37)50-47(52)41(51)32-46-49(50)55(36-20-5-2-6-21-36)43-27-11-12-28-44(43)57(46)45-29-13-16-34-17-14-31-54-48(34)45/h1-33H. The summed E-state index contributed by atoms with van der Waals surface area (Å²) in [6, 6.07) is 66.3. The Labute approximate surface area is 332 Å². The molecular formula is C50H33B2N5. The van der Waals surface area contributed by atoms with E-state index >= 15 is 0 Å². The van der Waals surface area contributed by atoms with Crippen molar-refractivity contribution in [1.82, 2.24) is 9.97 Å². The van der Waals surface area contributed by atoms with E-state index in [0.29, 0.717) is 0 Å². The predicted molar refractivity (Wildman–Crippen MR) is 239 cm³/mol. The van der Waals surface area contributed by atoms with Crippen LogP contribution >= 0.6 is 0 Å². The van der Waals surface area contributed by atoms with Crippen LogP contribution in [0.2, 0.25) is 0 Å². The van der Waals surface area contributed by atoms with Crippen molar-refractivity contribution in [3.05, 3.63) is 201 Å². The summed E-state index contributed by atoms with van der Waals surface area (Å²) in [5.41, 5.74) is 18.7. The third kappa shape index (κ3) is 4.66. The van der Waals surface area contributed by atoms with E-state index in [0.717, 1.165) is 62.1 Å². The number of hydrogen-bond acceptors (Lipinski definition) is 5. The average molecular weight is 725 g/mol. The van der Waals surface area contributed by atoms with Gasteiger partial charge in [0.05, 0.1) is 51.5 Å². The summed E-state index contributed by atoms with van der Waals surface area (Å²) in [6.07, 6.45) is 5.77. The van der Waals surface area contributed by atoms with Crippen LogP contribution in [0.15, 0.2) is 201 Å². The lowest BCUT2D eigenvalue weighted by atomic mass is 9.20. The number of nitrogens with zero attached hydrogens (tertiary/aromatic N) is 5. The maximum absolute atomic E-state index is 5.04. The molecule has 0 fully saturated rings. The Morgan fingerprint density at radius 3 is 1.75 bits per heavy atom. The van der Waals surface area contributed by atoms with E-state index in [4.69, 9.17) is 9.97 Å². The van der Waals surface area contributed by atoms with Crippen molar-refractivity contribution in [3.8, 4) is 0 Å². The first kappa shape index (κ1) is 31.9. The highest BCUT2D eigenvalue weighted by atomic mass is 15.3. The quantitative estimate of drug-likeness (QED) is 0.172. The highest BCUT2D eigenvalue weighted by Gasteiger charge is 2.48. The normalized spacial score (nSPS) is 13.4. The second-order valence-electron chi connectivity index (χ2n) is 15.0. The molecule has 0 N–H and O–H groups in total. The summed E-state index contributed by atoms with van der Waals surface area (Å²) in [7, 11) is 0. The summed E-state index contributed by atoms with van der Waals surface area (Å²) in [5.74, 6) is 0. The van der Waals surface area contributed by atoms with E-state index in [9.17, 15) is 0 Å². The van der Waals surface area contributed by atoms with Crippen LogP contribution in [-0.4, -0.2) is 23.4 Å². The Hall–Kier alpha value is -7.37. The molecule has 0 saturated heterocycles. The molecular weight excluding hydrogens is 692 g/mol. The Morgan fingerprint density at radius 1 is 0.386 bits per heavy atom. The van der Waals surface area contributed by atoms with Crippen molar-refractivity contribution < 1.29 is 0 Å². The van der Waals surface area contributed by atoms with E-state index in [-0.39, 0.29) is 13.4 Å². The summed E-state index contributed by atoms with van der Waals surface area (Å²) in [4.78, 5) is 17.2. The van der Waals surface area contributed by atoms with Crippen LogP contribution in [0.3, 0.4) is 0 Å². The largest absolute Gasteiger partial charge is 0.308 e. The summed E-state index contributed by atoms with van der Waals surface area (Å²) >= 11 is 0. The maximum Gasteiger partial charge on any atom is 0.245 e. The highest BCUT2D eigenvalue weighted by molar-refractivity contribution is 7.12. The van der Waals surface area contributed by atoms with Crippen molar-refractivity contribution in [2.75, 3.05) is 14.7 Å². The lowest BCUT2D eigenvalue weighted by Crippen LogP contribution is -2.76. The van der Waals surface area contributed by atoms with Gasteiger partial charge in [0.15, 0.2) is 0 Å². The van der Waals surface area contributed by atoms with Gasteiger partial charge >= 0.3 is 0 Å². The van der Waals surface area contributed by atoms with E-state index in [2.05, 4.69) is 185 Å². The minimum Gasteiger partial charge on any atom is -0.308 e. The lowest BCUT2D eigenvalue weighted by Gasteiger charge is -2.48. The van der Waals surface area contributed by atoms with Gasteiger partial charge in [0.25, 0.3) is 0 Å². The van der Waals surface area contributed by atoms with E-state index in [1.807, 2.05) is 30.7 Å². The van der Waals surface area contributed by atoms with Crippen LogP contribution in [0.5, 0.6) is 0 Å². The summed E-state index contributed by atoms with van der Waals surface area (Å²) in [5, 5.41) is 1.10. The Kier molecular flexibility index (Phi) is 7.05. The molecule has 0 spiro atoms. The molecule has 57 heavy (non-hydrogen) atoms. The SMILES string of the molecule is c1ccc(B2c3ccccc3B3c4ccccc4N(c4cccnc4)c4c3c2cc2c4N(c3ccccc3)c3ccccc3N2c2cccc3cccnc23)cc1. The number of pyridine rings is 2. The van der Waals surface area contributed by atoms with Crippen LogP contribution in [0, 0.1) is 0 Å². The Bertz CT molecular complexity index is 3000. The molecule has 3 aliphatic rings. The molecule has 0 bridgehead atoms. The molecule has 0 aliphatic carbocycles. The van der Waals surface area contributed by atoms with Gasteiger partial charge in [-0.2, -0.15) is 0 Å². The zero-order valence-electron chi connectivity index (χ0n) is 30.9. The van der Waals surface area contributed by atoms with Gasteiger partial charge < -0.3 is 14.7 Å². The number of anilines is 9. The van der Waals surface area contributed by atoms with Crippen LogP contribution in [0.4, 0.5) is 51.2 Å². The van der Waals surface area contributed by atoms with Gasteiger partial charge in [0.1, 0.15) is 0 Å². The summed E-state index contributed by atoms with van der Waals surface area (Å²) < 4.78 is 0. The van der Waals surface area contributed by atoms with Gasteiger partial charge in [-0.25, -0.2) is 0 Å². The topological polar surface area (TPSA) is 35.5 Å². The van der Waals surface area contributed by atoms with Gasteiger partial charge in [-0.1, -0.05) is 143 Å². The number of rotatable bonds is 4. The molecule has 0 unspecified atom stereocenters. The van der Waals surface area contributed by atoms with Gasteiger partial charge in [0, 0.05) is 29.2 Å². The highest BCUT2D eigenvalue weighted by Crippen LogP contribution is 2.59. The molecule has 0 amide bonds. The van der Waals surface area contributed by atoms with E-state index in [1.54, 1.807) is 0 Å². The zero-order chi connectivity index (χ0) is 37.5. The minimum atomic E-state index is -0.00597. The van der Waals surface area contributed by atoms with E-state index < -0.39 is 0 Å². The van der Waals surface area contributed by atoms with Gasteiger partial charge in [-0.3, -0.25) is 9.97 Å². The fourth-order valence-corrected chi connectivity index (χ4v) is 9.80. The first-order valence-electron chi connectivity index (χ1n) is 19.6. The van der Waals surface area contributed by atoms with Crippen LogP contribution in [0.25, 0.3) is 10.9 Å². The maximum atomic E-state index is 5.04. The number of fused-ring (bicyclic) bond motifs is 8. The lowest BCUT2D eigenvalue weighted by molar-refractivity contribution is 1.15. The molecule has 7 heteroatoms. The number of benzene rings is 7. The first-order chi connectivity index (χ1) is 28.3. The fraction of sp³-hybridized carbons (Fsp3) is 0. The van der Waals surface area contributed by atoms with Gasteiger partial charge in [-0.15, -0.1) is 0 Å². The fourth-order valence-electron chi connectivity index (χ4n) is 9.80. The number of para-hydroxylation sites is 5. The first-order valence-corrected chi connectivity index (χ1v) is 19.6. The monoisotopic (exact) mass is 725 g/mol. The third-order valence-corrected chi connectivity index (χ3v) is 12.0.